The molecule has 1 N–H and O–H groups in total. The lowest BCUT2D eigenvalue weighted by Crippen LogP contribution is -2.44. The zero-order valence-corrected chi connectivity index (χ0v) is 16.4. The monoisotopic (exact) mass is 390 g/mol. The van der Waals surface area contributed by atoms with Crippen LogP contribution in [0.2, 0.25) is 0 Å². The normalized spacial score (nSPS) is 19.3. The minimum absolute atomic E-state index is 0.0723. The molecule has 150 valence electrons. The molecule has 3 aromatic rings. The molecule has 1 saturated heterocycles. The summed E-state index contributed by atoms with van der Waals surface area (Å²) in [6.45, 7) is 1.41. The molecule has 1 aliphatic heterocycles. The van der Waals surface area contributed by atoms with E-state index in [0.29, 0.717) is 25.3 Å². The number of piperidine rings is 1. The first-order valence-corrected chi connectivity index (χ1v) is 10.1. The first kappa shape index (κ1) is 19.3. The van der Waals surface area contributed by atoms with Crippen LogP contribution >= 0.6 is 0 Å². The molecule has 6 nitrogen and oxygen atoms in total. The highest BCUT2D eigenvalue weighted by molar-refractivity contribution is 5.76. The zero-order valence-electron chi connectivity index (χ0n) is 16.4. The summed E-state index contributed by atoms with van der Waals surface area (Å²) in [5.41, 5.74) is 2.23. The van der Waals surface area contributed by atoms with Crippen molar-refractivity contribution < 1.29 is 9.90 Å². The molecule has 0 saturated carbocycles. The van der Waals surface area contributed by atoms with E-state index in [4.69, 9.17) is 0 Å². The SMILES string of the molecule is O=C(CCc1nncn1-c1ccccc1)N1CC[C@@H](c2ccccc2)[C@@H](CO)C1. The zero-order chi connectivity index (χ0) is 20.1. The van der Waals surface area contributed by atoms with E-state index in [2.05, 4.69) is 22.3 Å². The van der Waals surface area contributed by atoms with E-state index < -0.39 is 0 Å². The third kappa shape index (κ3) is 4.38. The maximum atomic E-state index is 12.8. The van der Waals surface area contributed by atoms with Crippen molar-refractivity contribution in [1.82, 2.24) is 19.7 Å². The Labute approximate surface area is 170 Å². The van der Waals surface area contributed by atoms with E-state index in [1.165, 1.54) is 5.56 Å². The van der Waals surface area contributed by atoms with Gasteiger partial charge in [0.15, 0.2) is 0 Å². The van der Waals surface area contributed by atoms with Crippen LogP contribution in [0.3, 0.4) is 0 Å². The van der Waals surface area contributed by atoms with Gasteiger partial charge in [-0.1, -0.05) is 48.5 Å². The maximum absolute atomic E-state index is 12.8. The average molecular weight is 390 g/mol. The summed E-state index contributed by atoms with van der Waals surface area (Å²) in [4.78, 5) is 14.7. The van der Waals surface area contributed by atoms with E-state index in [-0.39, 0.29) is 18.4 Å². The van der Waals surface area contributed by atoms with Gasteiger partial charge in [-0.25, -0.2) is 0 Å². The second-order valence-electron chi connectivity index (χ2n) is 7.54. The van der Waals surface area contributed by atoms with Gasteiger partial charge < -0.3 is 10.0 Å². The van der Waals surface area contributed by atoms with Gasteiger partial charge in [-0.05, 0) is 30.0 Å². The van der Waals surface area contributed by atoms with E-state index in [1.54, 1.807) is 6.33 Å². The third-order valence-electron chi connectivity index (χ3n) is 5.76. The van der Waals surface area contributed by atoms with Crippen LogP contribution in [-0.4, -0.2) is 50.4 Å². The van der Waals surface area contributed by atoms with Gasteiger partial charge in [-0.2, -0.15) is 0 Å². The van der Waals surface area contributed by atoms with E-state index in [9.17, 15) is 9.90 Å². The predicted octanol–water partition coefficient (Wildman–Crippen LogP) is 2.82. The first-order valence-electron chi connectivity index (χ1n) is 10.1. The van der Waals surface area contributed by atoms with Crippen LogP contribution in [0.5, 0.6) is 0 Å². The lowest BCUT2D eigenvalue weighted by molar-refractivity contribution is -0.133. The number of carbonyl (C=O) groups excluding carboxylic acids is 1. The highest BCUT2D eigenvalue weighted by Crippen LogP contribution is 2.33. The molecule has 1 amide bonds. The Hall–Kier alpha value is -2.99. The molecule has 0 unspecified atom stereocenters. The van der Waals surface area contributed by atoms with Crippen LogP contribution in [0.4, 0.5) is 0 Å². The molecule has 1 aromatic heterocycles. The van der Waals surface area contributed by atoms with Crippen molar-refractivity contribution in [1.29, 1.82) is 0 Å². The van der Waals surface area contributed by atoms with Gasteiger partial charge in [0.05, 0.1) is 0 Å². The topological polar surface area (TPSA) is 71.2 Å². The molecule has 0 radical (unpaired) electrons. The van der Waals surface area contributed by atoms with Crippen LogP contribution in [0.25, 0.3) is 5.69 Å². The van der Waals surface area contributed by atoms with Crippen molar-refractivity contribution in [3.63, 3.8) is 0 Å². The van der Waals surface area contributed by atoms with Crippen LogP contribution in [0.15, 0.2) is 67.0 Å². The highest BCUT2D eigenvalue weighted by Gasteiger charge is 2.31. The van der Waals surface area contributed by atoms with E-state index in [1.807, 2.05) is 58.0 Å². The number of hydrogen-bond donors (Lipinski definition) is 1. The Morgan fingerprint density at radius 1 is 1.07 bits per heavy atom. The van der Waals surface area contributed by atoms with Crippen molar-refractivity contribution in [2.24, 2.45) is 5.92 Å². The molecule has 2 aromatic carbocycles. The number of aryl methyl sites for hydroxylation is 1. The van der Waals surface area contributed by atoms with Crippen LogP contribution in [0.1, 0.15) is 30.1 Å². The van der Waals surface area contributed by atoms with Crippen molar-refractivity contribution >= 4 is 5.91 Å². The second-order valence-corrected chi connectivity index (χ2v) is 7.54. The molecular formula is C23H26N4O2. The summed E-state index contributed by atoms with van der Waals surface area (Å²) in [7, 11) is 0. The Balaban J connectivity index is 1.37. The van der Waals surface area contributed by atoms with Gasteiger partial charge >= 0.3 is 0 Å². The highest BCUT2D eigenvalue weighted by atomic mass is 16.3. The number of amides is 1. The van der Waals surface area contributed by atoms with E-state index in [0.717, 1.165) is 24.5 Å². The van der Waals surface area contributed by atoms with Crippen molar-refractivity contribution in [3.8, 4) is 5.69 Å². The summed E-state index contributed by atoms with van der Waals surface area (Å²) >= 11 is 0. The van der Waals surface area contributed by atoms with Gasteiger partial charge in [-0.3, -0.25) is 9.36 Å². The Morgan fingerprint density at radius 2 is 1.79 bits per heavy atom. The number of aliphatic hydroxyl groups is 1. The molecule has 4 rings (SSSR count). The standard InChI is InChI=1S/C23H26N4O2/c28-16-19-15-26(14-13-21(19)18-7-3-1-4-8-18)23(29)12-11-22-25-24-17-27(22)20-9-5-2-6-10-20/h1-10,17,19,21,28H,11-16H2/t19-,21+/m1/s1. The maximum Gasteiger partial charge on any atom is 0.223 e. The fraction of sp³-hybridized carbons (Fsp3) is 0.348. The molecule has 2 atom stereocenters. The number of likely N-dealkylation sites (tertiary alicyclic amines) is 1. The molecule has 0 bridgehead atoms. The molecule has 1 fully saturated rings. The predicted molar refractivity (Wildman–Crippen MR) is 111 cm³/mol. The summed E-state index contributed by atoms with van der Waals surface area (Å²) < 4.78 is 1.92. The molecule has 29 heavy (non-hydrogen) atoms. The summed E-state index contributed by atoms with van der Waals surface area (Å²) in [6.07, 6.45) is 3.49. The van der Waals surface area contributed by atoms with Gasteiger partial charge in [0.1, 0.15) is 12.2 Å². The smallest absolute Gasteiger partial charge is 0.223 e. The van der Waals surface area contributed by atoms with Gasteiger partial charge in [0.2, 0.25) is 5.91 Å². The molecule has 0 spiro atoms. The number of aliphatic hydroxyl groups excluding tert-OH is 1. The summed E-state index contributed by atoms with van der Waals surface area (Å²) in [6, 6.07) is 20.2. The minimum atomic E-state index is 0.0723. The Morgan fingerprint density at radius 3 is 2.52 bits per heavy atom. The number of aromatic nitrogens is 3. The molecule has 0 aliphatic carbocycles. The van der Waals surface area contributed by atoms with E-state index >= 15 is 0 Å². The number of carbonyl (C=O) groups is 1. The van der Waals surface area contributed by atoms with Crippen LogP contribution in [-0.2, 0) is 11.2 Å². The number of hydrogen-bond acceptors (Lipinski definition) is 4. The quantitative estimate of drug-likeness (QED) is 0.703. The lowest BCUT2D eigenvalue weighted by Gasteiger charge is -2.38. The Bertz CT molecular complexity index is 926. The molecule has 1 aliphatic rings. The summed E-state index contributed by atoms with van der Waals surface area (Å²) in [5.74, 6) is 1.26. The van der Waals surface area contributed by atoms with Gasteiger partial charge in [-0.15, -0.1) is 10.2 Å². The lowest BCUT2D eigenvalue weighted by atomic mass is 9.81. The molecule has 6 heteroatoms. The number of nitrogens with zero attached hydrogens (tertiary/aromatic N) is 4. The van der Waals surface area contributed by atoms with Gasteiger partial charge in [0, 0.05) is 44.1 Å². The third-order valence-corrected chi connectivity index (χ3v) is 5.76. The molecular weight excluding hydrogens is 364 g/mol. The summed E-state index contributed by atoms with van der Waals surface area (Å²) in [5, 5.41) is 18.1. The van der Waals surface area contributed by atoms with Crippen molar-refractivity contribution in [3.05, 3.63) is 78.4 Å². The Kier molecular flexibility index (Phi) is 6.00. The number of benzene rings is 2. The fourth-order valence-corrected chi connectivity index (χ4v) is 4.19. The second kappa shape index (κ2) is 9.01. The van der Waals surface area contributed by atoms with Crippen molar-refractivity contribution in [2.75, 3.05) is 19.7 Å². The van der Waals surface area contributed by atoms with Crippen LogP contribution < -0.4 is 0 Å². The van der Waals surface area contributed by atoms with Crippen molar-refractivity contribution in [2.45, 2.75) is 25.2 Å². The number of rotatable bonds is 6. The van der Waals surface area contributed by atoms with Gasteiger partial charge in [0.25, 0.3) is 0 Å². The average Bonchev–Trinajstić information content (AvgIpc) is 3.27. The number of para-hydroxylation sites is 1. The first-order chi connectivity index (χ1) is 14.3. The minimum Gasteiger partial charge on any atom is -0.396 e. The van der Waals surface area contributed by atoms with Crippen LogP contribution in [0, 0.1) is 5.92 Å². The molecule has 2 heterocycles. The largest absolute Gasteiger partial charge is 0.396 e. The fourth-order valence-electron chi connectivity index (χ4n) is 4.19.